The predicted octanol–water partition coefficient (Wildman–Crippen LogP) is 3.68. The Hall–Kier alpha value is -1.81. The first kappa shape index (κ1) is 12.2. The monoisotopic (exact) mass is 275 g/mol. The molecule has 3 rings (SSSR count). The number of hydrogen-bond donors (Lipinski definition) is 0. The first-order chi connectivity index (χ1) is 9.15. The van der Waals surface area contributed by atoms with Crippen LogP contribution >= 0.6 is 11.6 Å². The predicted molar refractivity (Wildman–Crippen MR) is 74.3 cm³/mol. The summed E-state index contributed by atoms with van der Waals surface area (Å²) in [5.41, 5.74) is 2.67. The van der Waals surface area contributed by atoms with Crippen molar-refractivity contribution < 1.29 is 4.42 Å². The maximum Gasteiger partial charge on any atom is 0.160 e. The van der Waals surface area contributed by atoms with Crippen molar-refractivity contribution in [2.24, 2.45) is 0 Å². The van der Waals surface area contributed by atoms with E-state index in [-0.39, 0.29) is 5.38 Å². The van der Waals surface area contributed by atoms with E-state index in [9.17, 15) is 0 Å². The molecule has 3 heterocycles. The third-order valence-electron chi connectivity index (χ3n) is 3.01. The zero-order valence-electron chi connectivity index (χ0n) is 10.8. The highest BCUT2D eigenvalue weighted by Crippen LogP contribution is 2.24. The van der Waals surface area contributed by atoms with E-state index in [0.717, 1.165) is 28.4 Å². The van der Waals surface area contributed by atoms with Crippen molar-refractivity contribution in [1.29, 1.82) is 0 Å². The van der Waals surface area contributed by atoms with E-state index < -0.39 is 0 Å². The highest BCUT2D eigenvalue weighted by atomic mass is 35.5. The summed E-state index contributed by atoms with van der Waals surface area (Å²) in [6, 6.07) is 7.73. The first-order valence-corrected chi connectivity index (χ1v) is 6.59. The molecule has 0 aliphatic carbocycles. The van der Waals surface area contributed by atoms with E-state index in [0.29, 0.717) is 6.54 Å². The van der Waals surface area contributed by atoms with Gasteiger partial charge in [-0.05, 0) is 38.1 Å². The van der Waals surface area contributed by atoms with Crippen molar-refractivity contribution in [3.8, 4) is 0 Å². The summed E-state index contributed by atoms with van der Waals surface area (Å²) in [6.07, 6.45) is 1.66. The van der Waals surface area contributed by atoms with Crippen LogP contribution in [0.3, 0.4) is 0 Å². The van der Waals surface area contributed by atoms with Gasteiger partial charge in [0.1, 0.15) is 17.1 Å². The van der Waals surface area contributed by atoms with Crippen molar-refractivity contribution in [1.82, 2.24) is 14.5 Å². The van der Waals surface area contributed by atoms with Gasteiger partial charge in [0.25, 0.3) is 0 Å². The lowest BCUT2D eigenvalue weighted by Crippen LogP contribution is -2.06. The van der Waals surface area contributed by atoms with Gasteiger partial charge in [-0.2, -0.15) is 0 Å². The van der Waals surface area contributed by atoms with Gasteiger partial charge in [0.05, 0.1) is 18.2 Å². The van der Waals surface area contributed by atoms with Crippen LogP contribution in [-0.2, 0) is 6.54 Å². The average molecular weight is 276 g/mol. The summed E-state index contributed by atoms with van der Waals surface area (Å²) in [5.74, 6) is 1.67. The molecule has 0 aliphatic rings. The molecule has 3 aromatic heterocycles. The van der Waals surface area contributed by atoms with Gasteiger partial charge in [-0.3, -0.25) is 0 Å². The number of halogens is 1. The fourth-order valence-electron chi connectivity index (χ4n) is 2.13. The van der Waals surface area contributed by atoms with Crippen LogP contribution in [0.2, 0.25) is 0 Å². The second-order valence-electron chi connectivity index (χ2n) is 4.55. The molecule has 1 atom stereocenters. The van der Waals surface area contributed by atoms with Crippen LogP contribution in [0.1, 0.15) is 29.6 Å². The fraction of sp³-hybridized carbons (Fsp3) is 0.286. The lowest BCUT2D eigenvalue weighted by Gasteiger charge is -2.08. The van der Waals surface area contributed by atoms with E-state index in [1.54, 1.807) is 6.26 Å². The number of pyridine rings is 1. The summed E-state index contributed by atoms with van der Waals surface area (Å²) >= 11 is 6.22. The van der Waals surface area contributed by atoms with Crippen molar-refractivity contribution in [2.45, 2.75) is 25.8 Å². The Morgan fingerprint density at radius 3 is 2.84 bits per heavy atom. The molecule has 0 radical (unpaired) electrons. The van der Waals surface area contributed by atoms with Crippen molar-refractivity contribution >= 4 is 22.8 Å². The van der Waals surface area contributed by atoms with Crippen molar-refractivity contribution in [2.75, 3.05) is 0 Å². The molecule has 0 spiro atoms. The van der Waals surface area contributed by atoms with Crippen LogP contribution in [0.4, 0.5) is 0 Å². The molecular weight excluding hydrogens is 262 g/mol. The Balaban J connectivity index is 2.18. The Labute approximate surface area is 116 Å². The second-order valence-corrected chi connectivity index (χ2v) is 5.20. The highest BCUT2D eigenvalue weighted by molar-refractivity contribution is 6.20. The maximum atomic E-state index is 6.22. The molecule has 0 N–H and O–H groups in total. The smallest absolute Gasteiger partial charge is 0.160 e. The quantitative estimate of drug-likeness (QED) is 0.685. The van der Waals surface area contributed by atoms with Crippen molar-refractivity contribution in [3.63, 3.8) is 0 Å². The average Bonchev–Trinajstić information content (AvgIpc) is 2.98. The van der Waals surface area contributed by atoms with Gasteiger partial charge in [-0.15, -0.1) is 11.6 Å². The van der Waals surface area contributed by atoms with Gasteiger partial charge in [0, 0.05) is 5.69 Å². The number of aryl methyl sites for hydroxylation is 1. The molecule has 0 saturated carbocycles. The molecule has 4 nitrogen and oxygen atoms in total. The zero-order chi connectivity index (χ0) is 13.4. The summed E-state index contributed by atoms with van der Waals surface area (Å²) in [6.45, 7) is 4.47. The minimum atomic E-state index is -0.176. The van der Waals surface area contributed by atoms with Crippen LogP contribution in [0.5, 0.6) is 0 Å². The van der Waals surface area contributed by atoms with Gasteiger partial charge in [0.2, 0.25) is 0 Å². The third-order valence-corrected chi connectivity index (χ3v) is 3.21. The Morgan fingerprint density at radius 1 is 1.32 bits per heavy atom. The maximum absolute atomic E-state index is 6.22. The van der Waals surface area contributed by atoms with Crippen molar-refractivity contribution in [3.05, 3.63) is 47.8 Å². The molecule has 98 valence electrons. The molecule has 3 aromatic rings. The summed E-state index contributed by atoms with van der Waals surface area (Å²) in [7, 11) is 0. The van der Waals surface area contributed by atoms with Crippen LogP contribution in [0.15, 0.2) is 34.9 Å². The summed E-state index contributed by atoms with van der Waals surface area (Å²) in [5, 5.41) is -0.176. The minimum Gasteiger partial charge on any atom is -0.467 e. The standard InChI is InChI=1S/C14H14ClN3O/c1-9-5-6-12-14(16-9)18(13(17-12)10(2)15)8-11-4-3-7-19-11/h3-7,10H,8H2,1-2H3. The van der Waals surface area contributed by atoms with Crippen LogP contribution < -0.4 is 0 Å². The van der Waals surface area contributed by atoms with Gasteiger partial charge in [-0.25, -0.2) is 9.97 Å². The molecule has 0 bridgehead atoms. The Kier molecular flexibility index (Phi) is 3.03. The van der Waals surface area contributed by atoms with Gasteiger partial charge in [-0.1, -0.05) is 0 Å². The van der Waals surface area contributed by atoms with Crippen LogP contribution in [0.25, 0.3) is 11.2 Å². The number of rotatable bonds is 3. The fourth-order valence-corrected chi connectivity index (χ4v) is 2.30. The zero-order valence-corrected chi connectivity index (χ0v) is 11.6. The molecule has 19 heavy (non-hydrogen) atoms. The van der Waals surface area contributed by atoms with E-state index >= 15 is 0 Å². The normalized spacial score (nSPS) is 13.0. The molecule has 0 aliphatic heterocycles. The van der Waals surface area contributed by atoms with Gasteiger partial charge < -0.3 is 8.98 Å². The number of fused-ring (bicyclic) bond motifs is 1. The number of imidazole rings is 1. The molecule has 5 heteroatoms. The topological polar surface area (TPSA) is 43.9 Å². The van der Waals surface area contributed by atoms with Gasteiger partial charge in [0.15, 0.2) is 5.65 Å². The Morgan fingerprint density at radius 2 is 2.16 bits per heavy atom. The molecule has 0 fully saturated rings. The number of furan rings is 1. The highest BCUT2D eigenvalue weighted by Gasteiger charge is 2.16. The number of nitrogens with zero attached hydrogens (tertiary/aromatic N) is 3. The summed E-state index contributed by atoms with van der Waals surface area (Å²) in [4.78, 5) is 9.12. The number of hydrogen-bond acceptors (Lipinski definition) is 3. The molecule has 0 amide bonds. The number of alkyl halides is 1. The van der Waals surface area contributed by atoms with Crippen LogP contribution in [0, 0.1) is 6.92 Å². The van der Waals surface area contributed by atoms with E-state index in [1.165, 1.54) is 0 Å². The van der Waals surface area contributed by atoms with E-state index in [1.807, 2.05) is 42.7 Å². The molecule has 1 unspecified atom stereocenters. The summed E-state index contributed by atoms with van der Waals surface area (Å²) < 4.78 is 7.41. The van der Waals surface area contributed by atoms with Crippen LogP contribution in [-0.4, -0.2) is 14.5 Å². The van der Waals surface area contributed by atoms with E-state index in [4.69, 9.17) is 16.0 Å². The lowest BCUT2D eigenvalue weighted by atomic mass is 10.3. The number of aromatic nitrogens is 3. The largest absolute Gasteiger partial charge is 0.467 e. The first-order valence-electron chi connectivity index (χ1n) is 6.15. The Bertz CT molecular complexity index is 701. The lowest BCUT2D eigenvalue weighted by molar-refractivity contribution is 0.491. The van der Waals surface area contributed by atoms with Gasteiger partial charge >= 0.3 is 0 Å². The SMILES string of the molecule is Cc1ccc2nc(C(C)Cl)n(Cc3ccco3)c2n1. The molecule has 0 saturated heterocycles. The third kappa shape index (κ3) is 2.24. The minimum absolute atomic E-state index is 0.176. The second kappa shape index (κ2) is 4.70. The molecule has 0 aromatic carbocycles. The van der Waals surface area contributed by atoms with E-state index in [2.05, 4.69) is 9.97 Å². The molecular formula is C14H14ClN3O.